The van der Waals surface area contributed by atoms with E-state index in [2.05, 4.69) is 4.98 Å². The van der Waals surface area contributed by atoms with Crippen LogP contribution in [0.3, 0.4) is 0 Å². The number of nitrogens with zero attached hydrogens (tertiary/aromatic N) is 5. The van der Waals surface area contributed by atoms with Crippen molar-refractivity contribution in [1.82, 2.24) is 19.3 Å². The monoisotopic (exact) mass is 562 g/mol. The van der Waals surface area contributed by atoms with Crippen molar-refractivity contribution in [2.45, 2.75) is 51.0 Å². The number of pyridine rings is 1. The van der Waals surface area contributed by atoms with Gasteiger partial charge in [0, 0.05) is 45.0 Å². The van der Waals surface area contributed by atoms with Crippen LogP contribution in [0.1, 0.15) is 38.1 Å². The zero-order valence-electron chi connectivity index (χ0n) is 21.6. The number of piperidine rings is 1. The van der Waals surface area contributed by atoms with Crippen molar-refractivity contribution in [2.24, 2.45) is 0 Å². The number of ether oxygens (including phenoxy) is 1. The molecule has 1 fully saturated rings. The van der Waals surface area contributed by atoms with E-state index in [0.717, 1.165) is 12.1 Å². The highest BCUT2D eigenvalue weighted by atomic mass is 32.2. The summed E-state index contributed by atoms with van der Waals surface area (Å²) < 4.78 is 74.0. The average Bonchev–Trinajstić information content (AvgIpc) is 2.91. The number of hydrogen-bond acceptors (Lipinski definition) is 8. The van der Waals surface area contributed by atoms with Gasteiger partial charge in [-0.25, -0.2) is 36.5 Å². The van der Waals surface area contributed by atoms with Crippen LogP contribution in [0.5, 0.6) is 5.75 Å². The maximum atomic E-state index is 14.1. The van der Waals surface area contributed by atoms with Crippen molar-refractivity contribution >= 4 is 21.7 Å². The fourth-order valence-electron chi connectivity index (χ4n) is 4.73. The molecule has 0 aliphatic carbocycles. The van der Waals surface area contributed by atoms with Gasteiger partial charge in [-0.05, 0) is 38.1 Å². The summed E-state index contributed by atoms with van der Waals surface area (Å²) in [6.45, 7) is 4.63. The Hall–Kier alpha value is -3.45. The third-order valence-corrected chi connectivity index (χ3v) is 9.18. The van der Waals surface area contributed by atoms with Gasteiger partial charge in [0.1, 0.15) is 17.6 Å². The number of rotatable bonds is 6. The van der Waals surface area contributed by atoms with Gasteiger partial charge in [-0.3, -0.25) is 0 Å². The molecule has 9 nitrogen and oxygen atoms in total. The normalized spacial score (nSPS) is 16.9. The smallest absolute Gasteiger partial charge is 0.216 e. The highest BCUT2D eigenvalue weighted by molar-refractivity contribution is 7.89. The first-order valence-corrected chi connectivity index (χ1v) is 14.2. The Morgan fingerprint density at radius 1 is 0.974 bits per heavy atom. The zero-order valence-corrected chi connectivity index (χ0v) is 22.4. The van der Waals surface area contributed by atoms with Crippen LogP contribution in [0.4, 0.5) is 24.8 Å². The molecule has 5 rings (SSSR count). The van der Waals surface area contributed by atoms with Crippen LogP contribution < -0.4 is 15.4 Å². The van der Waals surface area contributed by atoms with Gasteiger partial charge in [0.15, 0.2) is 29.0 Å². The lowest BCUT2D eigenvalue weighted by molar-refractivity contribution is 0.163. The molecule has 13 heteroatoms. The summed E-state index contributed by atoms with van der Waals surface area (Å²) in [6.07, 6.45) is 1.18. The van der Waals surface area contributed by atoms with Crippen LogP contribution in [0.25, 0.3) is 11.4 Å². The van der Waals surface area contributed by atoms with Gasteiger partial charge in [-0.2, -0.15) is 4.31 Å². The minimum Gasteiger partial charge on any atom is -0.487 e. The van der Waals surface area contributed by atoms with Crippen LogP contribution in [-0.2, 0) is 23.0 Å². The van der Waals surface area contributed by atoms with Crippen molar-refractivity contribution in [1.29, 1.82) is 0 Å². The Kier molecular flexibility index (Phi) is 7.38. The fourth-order valence-corrected chi connectivity index (χ4v) is 5.98. The first-order chi connectivity index (χ1) is 18.5. The van der Waals surface area contributed by atoms with Gasteiger partial charge in [-0.1, -0.05) is 0 Å². The van der Waals surface area contributed by atoms with E-state index in [1.165, 1.54) is 22.5 Å². The number of halogens is 3. The van der Waals surface area contributed by atoms with E-state index in [0.29, 0.717) is 67.5 Å². The Labute approximate surface area is 224 Å². The second-order valence-corrected chi connectivity index (χ2v) is 12.4. The molecule has 2 N–H and O–H groups in total. The summed E-state index contributed by atoms with van der Waals surface area (Å²) in [5.74, 6) is -1.85. The molecule has 0 spiro atoms. The summed E-state index contributed by atoms with van der Waals surface area (Å²) in [5, 5.41) is -0.573. The molecule has 0 unspecified atom stereocenters. The maximum Gasteiger partial charge on any atom is 0.216 e. The molecule has 2 aliphatic heterocycles. The van der Waals surface area contributed by atoms with E-state index in [1.807, 2.05) is 4.90 Å². The Balaban J connectivity index is 1.43. The Morgan fingerprint density at radius 2 is 1.72 bits per heavy atom. The molecule has 0 amide bonds. The number of nitrogens with two attached hydrogens (primary N) is 1. The van der Waals surface area contributed by atoms with Gasteiger partial charge in [0.2, 0.25) is 10.0 Å². The highest BCUT2D eigenvalue weighted by Crippen LogP contribution is 2.33. The predicted octanol–water partition coefficient (Wildman–Crippen LogP) is 3.68. The third kappa shape index (κ3) is 5.50. The van der Waals surface area contributed by atoms with Crippen molar-refractivity contribution < 1.29 is 26.3 Å². The second kappa shape index (κ2) is 10.6. The Morgan fingerprint density at radius 3 is 2.38 bits per heavy atom. The van der Waals surface area contributed by atoms with E-state index < -0.39 is 32.7 Å². The first-order valence-electron chi connectivity index (χ1n) is 12.7. The fraction of sp³-hybridized carbons (Fsp3) is 0.423. The molecule has 2 aliphatic rings. The van der Waals surface area contributed by atoms with E-state index in [4.69, 9.17) is 20.4 Å². The molecule has 1 aromatic carbocycles. The molecule has 2 aromatic heterocycles. The van der Waals surface area contributed by atoms with Crippen LogP contribution in [-0.4, -0.2) is 58.7 Å². The van der Waals surface area contributed by atoms with Gasteiger partial charge in [0.05, 0.1) is 28.9 Å². The number of sulfonamides is 1. The van der Waals surface area contributed by atoms with Gasteiger partial charge in [0.25, 0.3) is 0 Å². The summed E-state index contributed by atoms with van der Waals surface area (Å²) in [7, 11) is -3.49. The lowest BCUT2D eigenvalue weighted by atomic mass is 10.1. The van der Waals surface area contributed by atoms with Crippen molar-refractivity contribution in [3.63, 3.8) is 0 Å². The molecule has 208 valence electrons. The molecule has 4 heterocycles. The average molecular weight is 563 g/mol. The lowest BCUT2D eigenvalue weighted by Crippen LogP contribution is -2.42. The van der Waals surface area contributed by atoms with Crippen LogP contribution in [0.15, 0.2) is 30.3 Å². The van der Waals surface area contributed by atoms with Crippen LogP contribution in [0.2, 0.25) is 0 Å². The maximum absolute atomic E-state index is 14.1. The zero-order chi connectivity index (χ0) is 27.9. The predicted molar refractivity (Wildman–Crippen MR) is 140 cm³/mol. The number of nitrogen functional groups attached to an aromatic ring is 1. The molecule has 0 radical (unpaired) electrons. The molecule has 0 saturated carbocycles. The minimum atomic E-state index is -3.49. The number of benzene rings is 1. The van der Waals surface area contributed by atoms with Gasteiger partial charge in [-0.15, -0.1) is 0 Å². The third-order valence-electron chi connectivity index (χ3n) is 6.96. The quantitative estimate of drug-likeness (QED) is 0.484. The second-order valence-electron chi connectivity index (χ2n) is 9.91. The van der Waals surface area contributed by atoms with E-state index >= 15 is 0 Å². The minimum absolute atomic E-state index is 0.00370. The number of aromatic nitrogens is 3. The molecule has 1 saturated heterocycles. The molecular weight excluding hydrogens is 533 g/mol. The van der Waals surface area contributed by atoms with E-state index in [9.17, 15) is 21.6 Å². The van der Waals surface area contributed by atoms with Crippen LogP contribution >= 0.6 is 0 Å². The highest BCUT2D eigenvalue weighted by Gasteiger charge is 2.33. The van der Waals surface area contributed by atoms with Crippen LogP contribution in [0, 0.1) is 17.5 Å². The van der Waals surface area contributed by atoms with E-state index in [1.54, 1.807) is 13.8 Å². The van der Waals surface area contributed by atoms with E-state index in [-0.39, 0.29) is 24.2 Å². The summed E-state index contributed by atoms with van der Waals surface area (Å²) in [6, 6.07) is 5.88. The lowest BCUT2D eigenvalue weighted by Gasteiger charge is -2.35. The topological polar surface area (TPSA) is 115 Å². The largest absolute Gasteiger partial charge is 0.487 e. The number of hydrogen-bond donors (Lipinski definition) is 1. The molecule has 0 bridgehead atoms. The summed E-state index contributed by atoms with van der Waals surface area (Å²) in [5.41, 5.74) is 7.63. The van der Waals surface area contributed by atoms with Crippen molar-refractivity contribution in [3.8, 4) is 17.1 Å². The number of fused-ring (bicyclic) bond motifs is 1. The summed E-state index contributed by atoms with van der Waals surface area (Å²) in [4.78, 5) is 15.9. The summed E-state index contributed by atoms with van der Waals surface area (Å²) >= 11 is 0. The van der Waals surface area contributed by atoms with Crippen molar-refractivity contribution in [2.75, 3.05) is 30.3 Å². The molecule has 39 heavy (non-hydrogen) atoms. The molecule has 0 atom stereocenters. The molecular formula is C26H29F3N6O3S. The SMILES string of the molecule is CC(C)S(=O)(=O)N1CCc2nc(N3CCC(Oc4ccc(F)cc4F)CC3)c(-c3ccc(F)c(N)n3)nc2C1. The Bertz CT molecular complexity index is 1500. The van der Waals surface area contributed by atoms with Gasteiger partial charge >= 0.3 is 0 Å². The number of anilines is 2. The van der Waals surface area contributed by atoms with Gasteiger partial charge < -0.3 is 15.4 Å². The van der Waals surface area contributed by atoms with Crippen molar-refractivity contribution in [3.05, 3.63) is 59.2 Å². The first kappa shape index (κ1) is 27.1. The molecule has 3 aromatic rings. The standard InChI is InChI=1S/C26H29F3N6O3S/c1-15(2)39(36,37)35-12-9-20-22(14-35)31-24(21-5-4-18(28)25(30)32-21)26(33-20)34-10-7-17(8-11-34)38-23-6-3-16(27)13-19(23)29/h3-6,13,15,17H,7-12,14H2,1-2H3,(H2,30,32).